The lowest BCUT2D eigenvalue weighted by Gasteiger charge is -2.30. The number of phenols is 1. The molecule has 8 heteroatoms. The molecule has 0 amide bonds. The predicted octanol–water partition coefficient (Wildman–Crippen LogP) is 1.88. The van der Waals surface area contributed by atoms with Crippen LogP contribution in [-0.4, -0.2) is 21.7 Å². The molecule has 108 valence electrons. The van der Waals surface area contributed by atoms with Crippen LogP contribution < -0.4 is 5.73 Å². The quantitative estimate of drug-likeness (QED) is 0.580. The standard InChI is InChI=1S/C11H15FN2O4.ClH/c1-11(2,5-15)10(13)7-3-6(14(17)18)4-8(12)9(7)16;/h3-4,10,15-16H,5,13H2,1-2H3;1H/t10-;/m0./s1. The van der Waals surface area contributed by atoms with Gasteiger partial charge >= 0.3 is 0 Å². The van der Waals surface area contributed by atoms with Crippen molar-refractivity contribution in [2.24, 2.45) is 11.1 Å². The number of nitrogens with zero attached hydrogens (tertiary/aromatic N) is 1. The Kier molecular flexibility index (Phi) is 5.67. The fraction of sp³-hybridized carbons (Fsp3) is 0.455. The second-order valence-corrected chi connectivity index (χ2v) is 4.75. The number of nitrogens with two attached hydrogens (primary N) is 1. The van der Waals surface area contributed by atoms with E-state index in [0.29, 0.717) is 6.07 Å². The number of hydrogen-bond acceptors (Lipinski definition) is 5. The highest BCUT2D eigenvalue weighted by Gasteiger charge is 2.31. The van der Waals surface area contributed by atoms with Crippen LogP contribution in [0.3, 0.4) is 0 Å². The third kappa shape index (κ3) is 3.52. The molecule has 6 nitrogen and oxygen atoms in total. The van der Waals surface area contributed by atoms with E-state index in [1.165, 1.54) is 0 Å². The summed E-state index contributed by atoms with van der Waals surface area (Å²) in [5.74, 6) is -1.84. The highest BCUT2D eigenvalue weighted by atomic mass is 35.5. The number of non-ortho nitro benzene ring substituents is 1. The van der Waals surface area contributed by atoms with Crippen molar-refractivity contribution >= 4 is 18.1 Å². The van der Waals surface area contributed by atoms with Crippen molar-refractivity contribution in [2.45, 2.75) is 19.9 Å². The molecule has 1 aromatic rings. The molecule has 0 saturated heterocycles. The van der Waals surface area contributed by atoms with Gasteiger partial charge in [0.2, 0.25) is 0 Å². The monoisotopic (exact) mass is 294 g/mol. The zero-order valence-electron chi connectivity index (χ0n) is 10.5. The third-order valence-corrected chi connectivity index (χ3v) is 2.87. The molecule has 1 aromatic carbocycles. The van der Waals surface area contributed by atoms with E-state index in [0.717, 1.165) is 6.07 Å². The SMILES string of the molecule is CC(C)(CO)[C@@H](N)c1cc([N+](=O)[O-])cc(F)c1O.Cl. The first-order valence-corrected chi connectivity index (χ1v) is 5.24. The highest BCUT2D eigenvalue weighted by Crippen LogP contribution is 2.38. The number of hydrogen-bond donors (Lipinski definition) is 3. The van der Waals surface area contributed by atoms with Crippen molar-refractivity contribution in [3.63, 3.8) is 0 Å². The van der Waals surface area contributed by atoms with E-state index >= 15 is 0 Å². The van der Waals surface area contributed by atoms with Crippen LogP contribution in [0.25, 0.3) is 0 Å². The molecular weight excluding hydrogens is 279 g/mol. The van der Waals surface area contributed by atoms with Crippen LogP contribution in [0.15, 0.2) is 12.1 Å². The molecule has 0 radical (unpaired) electrons. The van der Waals surface area contributed by atoms with Gasteiger partial charge in [-0.15, -0.1) is 12.4 Å². The zero-order valence-corrected chi connectivity index (χ0v) is 11.3. The summed E-state index contributed by atoms with van der Waals surface area (Å²) < 4.78 is 13.4. The minimum atomic E-state index is -1.11. The van der Waals surface area contributed by atoms with Gasteiger partial charge in [0.15, 0.2) is 11.6 Å². The van der Waals surface area contributed by atoms with E-state index in [1.807, 2.05) is 0 Å². The normalized spacial score (nSPS) is 12.7. The molecule has 4 N–H and O–H groups in total. The molecule has 1 rings (SSSR count). The van der Waals surface area contributed by atoms with Gasteiger partial charge in [-0.25, -0.2) is 4.39 Å². The number of phenolic OH excluding ortho intramolecular Hbond substituents is 1. The smallest absolute Gasteiger partial charge is 0.272 e. The Labute approximate surface area is 115 Å². The maximum absolute atomic E-state index is 13.4. The van der Waals surface area contributed by atoms with E-state index in [4.69, 9.17) is 5.73 Å². The fourth-order valence-electron chi connectivity index (χ4n) is 1.47. The Morgan fingerprint density at radius 3 is 2.47 bits per heavy atom. The van der Waals surface area contributed by atoms with Crippen LogP contribution in [0.4, 0.5) is 10.1 Å². The van der Waals surface area contributed by atoms with Gasteiger partial charge in [0.1, 0.15) is 0 Å². The topological polar surface area (TPSA) is 110 Å². The average Bonchev–Trinajstić information content (AvgIpc) is 2.31. The number of benzene rings is 1. The van der Waals surface area contributed by atoms with Crippen LogP contribution in [0.5, 0.6) is 5.75 Å². The number of nitro groups is 1. The van der Waals surface area contributed by atoms with Gasteiger partial charge in [-0.2, -0.15) is 0 Å². The Hall–Kier alpha value is -1.44. The highest BCUT2D eigenvalue weighted by molar-refractivity contribution is 5.85. The summed E-state index contributed by atoms with van der Waals surface area (Å²) in [4.78, 5) is 9.85. The number of aliphatic hydroxyl groups is 1. The Morgan fingerprint density at radius 2 is 2.05 bits per heavy atom. The molecule has 0 bridgehead atoms. The van der Waals surface area contributed by atoms with Crippen molar-refractivity contribution in [3.8, 4) is 5.75 Å². The van der Waals surface area contributed by atoms with Crippen molar-refractivity contribution in [1.82, 2.24) is 0 Å². The first-order valence-electron chi connectivity index (χ1n) is 5.24. The molecule has 0 aliphatic heterocycles. The first kappa shape index (κ1) is 17.6. The molecule has 0 heterocycles. The number of aromatic hydroxyl groups is 1. The average molecular weight is 295 g/mol. The van der Waals surface area contributed by atoms with Crippen LogP contribution in [0, 0.1) is 21.3 Å². The van der Waals surface area contributed by atoms with E-state index in [1.54, 1.807) is 13.8 Å². The number of halogens is 2. The molecule has 0 fully saturated rings. The van der Waals surface area contributed by atoms with Gasteiger partial charge in [0.25, 0.3) is 5.69 Å². The maximum atomic E-state index is 13.4. The van der Waals surface area contributed by atoms with E-state index in [2.05, 4.69) is 0 Å². The summed E-state index contributed by atoms with van der Waals surface area (Å²) in [5, 5.41) is 29.4. The molecule has 0 spiro atoms. The molecule has 0 saturated carbocycles. The summed E-state index contributed by atoms with van der Waals surface area (Å²) >= 11 is 0. The number of aliphatic hydroxyl groups excluding tert-OH is 1. The molecular formula is C11H16ClFN2O4. The fourth-order valence-corrected chi connectivity index (χ4v) is 1.47. The van der Waals surface area contributed by atoms with Gasteiger partial charge in [0.05, 0.1) is 11.0 Å². The van der Waals surface area contributed by atoms with Crippen molar-refractivity contribution < 1.29 is 19.5 Å². The van der Waals surface area contributed by atoms with Crippen molar-refractivity contribution in [2.75, 3.05) is 6.61 Å². The lowest BCUT2D eigenvalue weighted by atomic mass is 9.81. The summed E-state index contributed by atoms with van der Waals surface area (Å²) in [6.07, 6.45) is 0. The van der Waals surface area contributed by atoms with Crippen LogP contribution in [-0.2, 0) is 0 Å². The lowest BCUT2D eigenvalue weighted by molar-refractivity contribution is -0.385. The van der Waals surface area contributed by atoms with Crippen LogP contribution in [0.2, 0.25) is 0 Å². The first-order chi connectivity index (χ1) is 8.20. The van der Waals surface area contributed by atoms with Crippen LogP contribution >= 0.6 is 12.4 Å². The third-order valence-electron chi connectivity index (χ3n) is 2.87. The number of nitro benzene ring substituents is 1. The van der Waals surface area contributed by atoms with Gasteiger partial charge in [-0.05, 0) is 0 Å². The van der Waals surface area contributed by atoms with Gasteiger partial charge in [-0.3, -0.25) is 10.1 Å². The minimum absolute atomic E-state index is 0. The molecule has 0 aromatic heterocycles. The van der Waals surface area contributed by atoms with Gasteiger partial charge in [-0.1, -0.05) is 13.8 Å². The summed E-state index contributed by atoms with van der Waals surface area (Å²) in [5.41, 5.74) is 4.37. The van der Waals surface area contributed by atoms with E-state index < -0.39 is 33.6 Å². The largest absolute Gasteiger partial charge is 0.505 e. The maximum Gasteiger partial charge on any atom is 0.272 e. The van der Waals surface area contributed by atoms with Crippen LogP contribution in [0.1, 0.15) is 25.5 Å². The molecule has 0 aliphatic carbocycles. The second-order valence-electron chi connectivity index (χ2n) is 4.75. The summed E-state index contributed by atoms with van der Waals surface area (Å²) in [6.45, 7) is 2.90. The van der Waals surface area contributed by atoms with Gasteiger partial charge in [0, 0.05) is 29.7 Å². The minimum Gasteiger partial charge on any atom is -0.505 e. The van der Waals surface area contributed by atoms with E-state index in [-0.39, 0.29) is 24.6 Å². The molecule has 19 heavy (non-hydrogen) atoms. The Balaban J connectivity index is 0.00000324. The lowest BCUT2D eigenvalue weighted by Crippen LogP contribution is -2.32. The Bertz CT molecular complexity index is 482. The molecule has 0 unspecified atom stereocenters. The molecule has 0 aliphatic rings. The molecule has 1 atom stereocenters. The van der Waals surface area contributed by atoms with Gasteiger partial charge < -0.3 is 15.9 Å². The predicted molar refractivity (Wildman–Crippen MR) is 69.8 cm³/mol. The number of rotatable bonds is 4. The van der Waals surface area contributed by atoms with Crippen molar-refractivity contribution in [1.29, 1.82) is 0 Å². The van der Waals surface area contributed by atoms with E-state index in [9.17, 15) is 24.7 Å². The zero-order chi connectivity index (χ0) is 14.1. The summed E-state index contributed by atoms with van der Waals surface area (Å²) in [6, 6.07) is 0.703. The second kappa shape index (κ2) is 6.14. The summed E-state index contributed by atoms with van der Waals surface area (Å²) in [7, 11) is 0. The van der Waals surface area contributed by atoms with Crippen molar-refractivity contribution in [3.05, 3.63) is 33.6 Å². The Morgan fingerprint density at radius 1 is 1.53 bits per heavy atom.